The van der Waals surface area contributed by atoms with Crippen molar-refractivity contribution in [3.8, 4) is 0 Å². The molecule has 2 rings (SSSR count). The minimum Gasteiger partial charge on any atom is -0.294 e. The van der Waals surface area contributed by atoms with E-state index in [0.717, 1.165) is 0 Å². The first-order valence-electron chi connectivity index (χ1n) is 5.01. The van der Waals surface area contributed by atoms with Crippen molar-refractivity contribution in [2.45, 2.75) is 6.42 Å². The van der Waals surface area contributed by atoms with Crippen molar-refractivity contribution in [2.75, 3.05) is 0 Å². The lowest BCUT2D eigenvalue weighted by molar-refractivity contribution is 0.0888. The van der Waals surface area contributed by atoms with Gasteiger partial charge in [-0.1, -0.05) is 0 Å². The zero-order chi connectivity index (χ0) is 12.1. The summed E-state index contributed by atoms with van der Waals surface area (Å²) >= 11 is 0. The summed E-state index contributed by atoms with van der Waals surface area (Å²) < 4.78 is 0. The van der Waals surface area contributed by atoms with Crippen molar-refractivity contribution in [1.29, 1.82) is 0 Å². The number of carbonyl (C=O) groups is 2. The number of hydrogen-bond acceptors (Lipinski definition) is 5. The van der Waals surface area contributed by atoms with Crippen LogP contribution in [0.15, 0.2) is 43.0 Å². The predicted octanol–water partition coefficient (Wildman–Crippen LogP) is 1.33. The lowest BCUT2D eigenvalue weighted by Gasteiger charge is -1.99. The highest BCUT2D eigenvalue weighted by molar-refractivity contribution is 6.12. The van der Waals surface area contributed by atoms with Gasteiger partial charge in [-0.05, 0) is 18.2 Å². The Balaban J connectivity index is 2.08. The largest absolute Gasteiger partial charge is 0.294 e. The van der Waals surface area contributed by atoms with Crippen LogP contribution in [0.25, 0.3) is 0 Å². The summed E-state index contributed by atoms with van der Waals surface area (Å²) in [5.41, 5.74) is 0.462. The van der Waals surface area contributed by atoms with Gasteiger partial charge in [0.2, 0.25) is 5.78 Å². The molecule has 0 saturated carbocycles. The summed E-state index contributed by atoms with van der Waals surface area (Å²) in [6, 6.07) is 4.75. The maximum absolute atomic E-state index is 11.7. The molecule has 17 heavy (non-hydrogen) atoms. The highest BCUT2D eigenvalue weighted by Gasteiger charge is 2.15. The molecule has 0 aromatic carbocycles. The molecule has 0 radical (unpaired) electrons. The average Bonchev–Trinajstić information content (AvgIpc) is 2.40. The van der Waals surface area contributed by atoms with Crippen LogP contribution in [0, 0.1) is 0 Å². The quantitative estimate of drug-likeness (QED) is 0.582. The SMILES string of the molecule is O=C(CC(=O)c1ncccn1)c1ccncc1. The maximum Gasteiger partial charge on any atom is 0.207 e. The molecule has 0 aliphatic heterocycles. The van der Waals surface area contributed by atoms with Crippen LogP contribution in [0.5, 0.6) is 0 Å². The minimum absolute atomic E-state index is 0.0647. The monoisotopic (exact) mass is 227 g/mol. The van der Waals surface area contributed by atoms with Gasteiger partial charge in [0.05, 0.1) is 6.42 Å². The van der Waals surface area contributed by atoms with E-state index in [0.29, 0.717) is 5.56 Å². The second-order valence-corrected chi connectivity index (χ2v) is 3.33. The van der Waals surface area contributed by atoms with Crippen molar-refractivity contribution in [3.63, 3.8) is 0 Å². The van der Waals surface area contributed by atoms with E-state index in [9.17, 15) is 9.59 Å². The second kappa shape index (κ2) is 5.07. The van der Waals surface area contributed by atoms with Crippen LogP contribution in [0.3, 0.4) is 0 Å². The van der Waals surface area contributed by atoms with Crippen LogP contribution in [0.2, 0.25) is 0 Å². The number of Topliss-reactive ketones (excluding diaryl/α,β-unsaturated/α-hetero) is 2. The summed E-state index contributed by atoms with van der Waals surface area (Å²) in [5.74, 6) is -0.577. The first-order valence-corrected chi connectivity index (χ1v) is 5.01. The molecular formula is C12H9N3O2. The van der Waals surface area contributed by atoms with Crippen molar-refractivity contribution >= 4 is 11.6 Å². The van der Waals surface area contributed by atoms with Gasteiger partial charge in [0.15, 0.2) is 11.6 Å². The van der Waals surface area contributed by atoms with Gasteiger partial charge < -0.3 is 0 Å². The van der Waals surface area contributed by atoms with Gasteiger partial charge in [0.1, 0.15) is 0 Å². The molecule has 84 valence electrons. The Kier molecular flexibility index (Phi) is 3.30. The van der Waals surface area contributed by atoms with E-state index < -0.39 is 0 Å². The zero-order valence-electron chi connectivity index (χ0n) is 8.91. The van der Waals surface area contributed by atoms with Crippen LogP contribution >= 0.6 is 0 Å². The third kappa shape index (κ3) is 2.78. The van der Waals surface area contributed by atoms with Crippen LogP contribution in [-0.2, 0) is 0 Å². The second-order valence-electron chi connectivity index (χ2n) is 3.33. The van der Waals surface area contributed by atoms with Crippen LogP contribution in [-0.4, -0.2) is 26.5 Å². The summed E-state index contributed by atoms with van der Waals surface area (Å²) in [6.07, 6.45) is 5.73. The third-order valence-electron chi connectivity index (χ3n) is 2.14. The third-order valence-corrected chi connectivity index (χ3v) is 2.14. The highest BCUT2D eigenvalue weighted by atomic mass is 16.1. The molecule has 0 N–H and O–H groups in total. The fourth-order valence-corrected chi connectivity index (χ4v) is 1.31. The van der Waals surface area contributed by atoms with Crippen molar-refractivity contribution in [3.05, 3.63) is 54.4 Å². The van der Waals surface area contributed by atoms with Crippen molar-refractivity contribution in [2.24, 2.45) is 0 Å². The van der Waals surface area contributed by atoms with Gasteiger partial charge in [-0.25, -0.2) is 9.97 Å². The van der Waals surface area contributed by atoms with Crippen LogP contribution in [0.1, 0.15) is 27.4 Å². The van der Waals surface area contributed by atoms with Crippen LogP contribution < -0.4 is 0 Å². The normalized spacial score (nSPS) is 9.88. The molecule has 0 saturated heterocycles. The first kappa shape index (κ1) is 11.1. The molecule has 2 heterocycles. The molecule has 0 aliphatic rings. The molecule has 2 aromatic rings. The van der Waals surface area contributed by atoms with E-state index in [4.69, 9.17) is 0 Å². The van der Waals surface area contributed by atoms with Gasteiger partial charge >= 0.3 is 0 Å². The number of aromatic nitrogens is 3. The molecule has 5 nitrogen and oxygen atoms in total. The van der Waals surface area contributed by atoms with Gasteiger partial charge in [-0.15, -0.1) is 0 Å². The molecule has 5 heteroatoms. The Morgan fingerprint density at radius 1 is 0.941 bits per heavy atom. The topological polar surface area (TPSA) is 72.8 Å². The fraction of sp³-hybridized carbons (Fsp3) is 0.0833. The van der Waals surface area contributed by atoms with Gasteiger partial charge in [-0.3, -0.25) is 14.6 Å². The summed E-state index contributed by atoms with van der Waals surface area (Å²) in [7, 11) is 0. The van der Waals surface area contributed by atoms with E-state index in [1.54, 1.807) is 18.2 Å². The van der Waals surface area contributed by atoms with Gasteiger partial charge in [-0.2, -0.15) is 0 Å². The Hall–Kier alpha value is -2.43. The molecular weight excluding hydrogens is 218 g/mol. The van der Waals surface area contributed by atoms with Crippen molar-refractivity contribution in [1.82, 2.24) is 15.0 Å². The minimum atomic E-state index is -0.382. The number of carbonyl (C=O) groups excluding carboxylic acids is 2. The highest BCUT2D eigenvalue weighted by Crippen LogP contribution is 2.04. The standard InChI is InChI=1S/C12H9N3O2/c16-10(9-2-6-13-7-3-9)8-11(17)12-14-4-1-5-15-12/h1-7H,8H2. The lowest BCUT2D eigenvalue weighted by Crippen LogP contribution is -2.11. The van der Waals surface area contributed by atoms with Gasteiger partial charge in [0.25, 0.3) is 0 Å². The summed E-state index contributed by atoms with van der Waals surface area (Å²) in [5, 5.41) is 0. The molecule has 2 aromatic heterocycles. The molecule has 0 spiro atoms. The number of ketones is 2. The molecule has 0 amide bonds. The Morgan fingerprint density at radius 3 is 2.24 bits per heavy atom. The lowest BCUT2D eigenvalue weighted by atomic mass is 10.1. The number of hydrogen-bond donors (Lipinski definition) is 0. The summed E-state index contributed by atoms with van der Waals surface area (Å²) in [4.78, 5) is 34.8. The van der Waals surface area contributed by atoms with E-state index in [1.165, 1.54) is 24.8 Å². The number of nitrogens with zero attached hydrogens (tertiary/aromatic N) is 3. The molecule has 0 atom stereocenters. The number of pyridine rings is 1. The van der Waals surface area contributed by atoms with Crippen LogP contribution in [0.4, 0.5) is 0 Å². The average molecular weight is 227 g/mol. The zero-order valence-corrected chi connectivity index (χ0v) is 8.91. The fourth-order valence-electron chi connectivity index (χ4n) is 1.31. The molecule has 0 bridgehead atoms. The molecule has 0 fully saturated rings. The molecule has 0 aliphatic carbocycles. The number of rotatable bonds is 4. The smallest absolute Gasteiger partial charge is 0.207 e. The van der Waals surface area contributed by atoms with E-state index in [2.05, 4.69) is 15.0 Å². The molecule has 0 unspecified atom stereocenters. The Bertz CT molecular complexity index is 476. The maximum atomic E-state index is 11.7. The van der Waals surface area contributed by atoms with E-state index >= 15 is 0 Å². The predicted molar refractivity (Wildman–Crippen MR) is 59.5 cm³/mol. The van der Waals surface area contributed by atoms with Crippen molar-refractivity contribution < 1.29 is 9.59 Å². The summed E-state index contributed by atoms with van der Waals surface area (Å²) in [6.45, 7) is 0. The van der Waals surface area contributed by atoms with Gasteiger partial charge in [0, 0.05) is 30.4 Å². The van der Waals surface area contributed by atoms with E-state index in [1.807, 2.05) is 0 Å². The van der Waals surface area contributed by atoms with E-state index in [-0.39, 0.29) is 23.8 Å². The Labute approximate surface area is 97.6 Å². The Morgan fingerprint density at radius 2 is 1.59 bits per heavy atom. The first-order chi connectivity index (χ1) is 8.27.